The van der Waals surface area contributed by atoms with Crippen molar-refractivity contribution in [3.63, 3.8) is 0 Å². The monoisotopic (exact) mass is 437 g/mol. The van der Waals surface area contributed by atoms with Crippen LogP contribution in [0.25, 0.3) is 17.0 Å². The topological polar surface area (TPSA) is 71.4 Å². The number of hydrogen-bond donors (Lipinski definition) is 1. The highest BCUT2D eigenvalue weighted by atomic mass is 32.2. The van der Waals surface area contributed by atoms with Crippen molar-refractivity contribution < 1.29 is 14.4 Å². The summed E-state index contributed by atoms with van der Waals surface area (Å²) < 4.78 is 1.86. The van der Waals surface area contributed by atoms with E-state index in [2.05, 4.69) is 11.9 Å². The van der Waals surface area contributed by atoms with Gasteiger partial charge in [-0.2, -0.15) is 0 Å². The van der Waals surface area contributed by atoms with Crippen LogP contribution < -0.4 is 5.32 Å². The lowest BCUT2D eigenvalue weighted by Crippen LogP contribution is -2.27. The number of thioether (sulfide) groups is 1. The summed E-state index contributed by atoms with van der Waals surface area (Å²) in [5.41, 5.74) is 1.68. The first kappa shape index (κ1) is 20.2. The van der Waals surface area contributed by atoms with E-state index in [0.717, 1.165) is 33.1 Å². The molecule has 3 heterocycles. The molecule has 8 heteroatoms. The van der Waals surface area contributed by atoms with Crippen LogP contribution in [0.1, 0.15) is 10.4 Å². The first-order valence-corrected chi connectivity index (χ1v) is 11.0. The Bertz CT molecular complexity index is 1160. The van der Waals surface area contributed by atoms with Crippen LogP contribution in [0, 0.1) is 0 Å². The van der Waals surface area contributed by atoms with E-state index in [1.165, 1.54) is 11.0 Å². The summed E-state index contributed by atoms with van der Waals surface area (Å²) in [5, 5.41) is 5.52. The number of benzene rings is 1. The van der Waals surface area contributed by atoms with E-state index in [9.17, 15) is 14.4 Å². The Hall–Kier alpha value is -3.10. The number of rotatable bonds is 7. The van der Waals surface area contributed by atoms with Crippen LogP contribution in [0.3, 0.4) is 0 Å². The average Bonchev–Trinajstić information content (AvgIpc) is 3.44. The number of carbonyl (C=O) groups is 3. The predicted molar refractivity (Wildman–Crippen MR) is 121 cm³/mol. The number of aromatic nitrogens is 1. The number of hydrogen-bond acceptors (Lipinski definition) is 5. The van der Waals surface area contributed by atoms with Crippen LogP contribution in [0.4, 0.5) is 4.79 Å². The van der Waals surface area contributed by atoms with E-state index in [-0.39, 0.29) is 30.1 Å². The van der Waals surface area contributed by atoms with Crippen molar-refractivity contribution in [1.82, 2.24) is 14.8 Å². The first-order valence-electron chi connectivity index (χ1n) is 9.30. The summed E-state index contributed by atoms with van der Waals surface area (Å²) in [7, 11) is 0. The van der Waals surface area contributed by atoms with E-state index < -0.39 is 0 Å². The van der Waals surface area contributed by atoms with Gasteiger partial charge in [-0.25, -0.2) is 0 Å². The molecule has 0 unspecified atom stereocenters. The lowest BCUT2D eigenvalue weighted by Gasteiger charge is -2.07. The molecule has 0 atom stereocenters. The molecule has 1 N–H and O–H groups in total. The van der Waals surface area contributed by atoms with Gasteiger partial charge >= 0.3 is 0 Å². The van der Waals surface area contributed by atoms with E-state index in [4.69, 9.17) is 0 Å². The zero-order valence-electron chi connectivity index (χ0n) is 16.0. The van der Waals surface area contributed by atoms with Crippen molar-refractivity contribution in [2.24, 2.45) is 0 Å². The molecule has 3 aromatic rings. The minimum absolute atomic E-state index is 0.0954. The Morgan fingerprint density at radius 1 is 1.17 bits per heavy atom. The molecule has 1 saturated heterocycles. The molecule has 0 saturated carbocycles. The number of imide groups is 1. The maximum Gasteiger partial charge on any atom is 0.293 e. The molecule has 2 aromatic heterocycles. The second-order valence-corrected chi connectivity index (χ2v) is 8.69. The van der Waals surface area contributed by atoms with Crippen molar-refractivity contribution in [2.75, 3.05) is 6.54 Å². The summed E-state index contributed by atoms with van der Waals surface area (Å²) >= 11 is 2.52. The van der Waals surface area contributed by atoms with Crippen LogP contribution in [0.5, 0.6) is 0 Å². The highest BCUT2D eigenvalue weighted by molar-refractivity contribution is 8.18. The molecule has 1 fully saturated rings. The van der Waals surface area contributed by atoms with Gasteiger partial charge in [-0.15, -0.1) is 17.9 Å². The zero-order valence-corrected chi connectivity index (χ0v) is 17.7. The van der Waals surface area contributed by atoms with Crippen LogP contribution in [-0.2, 0) is 22.7 Å². The highest BCUT2D eigenvalue weighted by Gasteiger charge is 2.34. The molecule has 1 aromatic carbocycles. The number of fused-ring (bicyclic) bond motifs is 1. The number of nitrogens with zero attached hydrogens (tertiary/aromatic N) is 2. The van der Waals surface area contributed by atoms with Gasteiger partial charge in [-0.1, -0.05) is 30.3 Å². The Labute approximate surface area is 181 Å². The fraction of sp³-hybridized carbons (Fsp3) is 0.136. The lowest BCUT2D eigenvalue weighted by atomic mass is 10.1. The normalized spacial score (nSPS) is 15.3. The van der Waals surface area contributed by atoms with E-state index >= 15 is 0 Å². The summed E-state index contributed by atoms with van der Waals surface area (Å²) in [6, 6.07) is 11.6. The largest absolute Gasteiger partial charge is 0.350 e. The average molecular weight is 438 g/mol. The van der Waals surface area contributed by atoms with Crippen molar-refractivity contribution in [1.29, 1.82) is 0 Å². The van der Waals surface area contributed by atoms with Gasteiger partial charge in [0.15, 0.2) is 0 Å². The first-order chi connectivity index (χ1) is 14.6. The molecule has 0 bridgehead atoms. The molecular weight excluding hydrogens is 418 g/mol. The molecule has 6 nitrogen and oxygen atoms in total. The van der Waals surface area contributed by atoms with Gasteiger partial charge in [0, 0.05) is 34.1 Å². The molecule has 1 aliphatic rings. The second-order valence-electron chi connectivity index (χ2n) is 6.67. The summed E-state index contributed by atoms with van der Waals surface area (Å²) in [6.07, 6.45) is 5.09. The predicted octanol–water partition coefficient (Wildman–Crippen LogP) is 4.24. The van der Waals surface area contributed by atoms with Gasteiger partial charge in [0.05, 0.1) is 11.4 Å². The number of thiophene rings is 1. The summed E-state index contributed by atoms with van der Waals surface area (Å²) in [6.45, 7) is 4.44. The van der Waals surface area contributed by atoms with Crippen molar-refractivity contribution in [2.45, 2.75) is 13.1 Å². The van der Waals surface area contributed by atoms with E-state index in [0.29, 0.717) is 11.4 Å². The lowest BCUT2D eigenvalue weighted by molar-refractivity contribution is -0.122. The molecule has 0 radical (unpaired) electrons. The molecule has 0 aliphatic carbocycles. The maximum atomic E-state index is 12.5. The van der Waals surface area contributed by atoms with Crippen LogP contribution in [0.2, 0.25) is 0 Å². The van der Waals surface area contributed by atoms with E-state index in [1.54, 1.807) is 17.4 Å². The summed E-state index contributed by atoms with van der Waals surface area (Å²) in [4.78, 5) is 39.7. The third-order valence-corrected chi connectivity index (χ3v) is 6.43. The quantitative estimate of drug-likeness (QED) is 0.443. The fourth-order valence-corrected chi connectivity index (χ4v) is 4.74. The summed E-state index contributed by atoms with van der Waals surface area (Å²) in [5.74, 6) is -0.419. The Morgan fingerprint density at radius 2 is 2.00 bits per heavy atom. The Balaban J connectivity index is 1.58. The van der Waals surface area contributed by atoms with Gasteiger partial charge in [0.1, 0.15) is 6.54 Å². The Kier molecular flexibility index (Phi) is 5.87. The van der Waals surface area contributed by atoms with Crippen LogP contribution >= 0.6 is 23.1 Å². The van der Waals surface area contributed by atoms with E-state index in [1.807, 2.05) is 52.5 Å². The number of para-hydroxylation sites is 1. The van der Waals surface area contributed by atoms with Crippen molar-refractivity contribution >= 4 is 57.1 Å². The van der Waals surface area contributed by atoms with Crippen LogP contribution in [0.15, 0.2) is 65.5 Å². The number of carbonyl (C=O) groups excluding carboxylic acids is 3. The molecule has 30 heavy (non-hydrogen) atoms. The SMILES string of the molecule is C=CCN1C(=O)S/C(=C\c2cn(CC(=O)NCc3cccs3)c3ccccc23)C1=O. The Morgan fingerprint density at radius 3 is 2.77 bits per heavy atom. The molecular formula is C22H19N3O3S2. The number of amides is 3. The third-order valence-electron chi connectivity index (χ3n) is 4.65. The molecule has 152 valence electrons. The standard InChI is InChI=1S/C22H19N3O3S2/c1-2-9-25-21(27)19(30-22(25)28)11-15-13-24(18-8-4-3-7-17(15)18)14-20(26)23-12-16-6-5-10-29-16/h2-8,10-11,13H,1,9,12,14H2,(H,23,26)/b19-11-. The van der Waals surface area contributed by atoms with Gasteiger partial charge in [0.25, 0.3) is 11.1 Å². The van der Waals surface area contributed by atoms with Crippen molar-refractivity contribution in [3.05, 3.63) is 76.0 Å². The fourth-order valence-electron chi connectivity index (χ4n) is 3.26. The second kappa shape index (κ2) is 8.73. The maximum absolute atomic E-state index is 12.5. The van der Waals surface area contributed by atoms with Gasteiger partial charge in [-0.3, -0.25) is 19.3 Å². The number of nitrogens with one attached hydrogen (secondary N) is 1. The third kappa shape index (κ3) is 4.10. The minimum atomic E-state index is -0.324. The van der Waals surface area contributed by atoms with Crippen molar-refractivity contribution in [3.8, 4) is 0 Å². The zero-order chi connectivity index (χ0) is 21.1. The molecule has 3 amide bonds. The van der Waals surface area contributed by atoms with Gasteiger partial charge in [0.2, 0.25) is 5.91 Å². The highest BCUT2D eigenvalue weighted by Crippen LogP contribution is 2.34. The molecule has 1 aliphatic heterocycles. The minimum Gasteiger partial charge on any atom is -0.350 e. The smallest absolute Gasteiger partial charge is 0.293 e. The molecule has 4 rings (SSSR count). The molecule has 0 spiro atoms. The van der Waals surface area contributed by atoms with Crippen LogP contribution in [-0.4, -0.2) is 33.1 Å². The van der Waals surface area contributed by atoms with Gasteiger partial charge in [-0.05, 0) is 35.4 Å². The van der Waals surface area contributed by atoms with Gasteiger partial charge < -0.3 is 9.88 Å².